The van der Waals surface area contributed by atoms with Crippen molar-refractivity contribution in [1.29, 1.82) is 0 Å². The number of nitrogens with zero attached hydrogens (tertiary/aromatic N) is 1. The highest BCUT2D eigenvalue weighted by molar-refractivity contribution is 7.19. The van der Waals surface area contributed by atoms with Gasteiger partial charge in [0.15, 0.2) is 5.75 Å². The lowest BCUT2D eigenvalue weighted by Gasteiger charge is -2.17. The predicted octanol–water partition coefficient (Wildman–Crippen LogP) is 1.31. The fourth-order valence-corrected chi connectivity index (χ4v) is 2.92. The van der Waals surface area contributed by atoms with Gasteiger partial charge in [-0.25, -0.2) is 0 Å². The SMILES string of the molecule is COCCN(C)c1sc(C(=O)NC2CC2)c(N)c1OC. The number of ether oxygens (including phenoxy) is 2. The number of thiophene rings is 1. The molecule has 3 N–H and O–H groups in total. The molecule has 0 atom stereocenters. The Hall–Kier alpha value is -1.47. The fourth-order valence-electron chi connectivity index (χ4n) is 1.84. The Morgan fingerprint density at radius 1 is 1.50 bits per heavy atom. The van der Waals surface area contributed by atoms with Crippen LogP contribution in [-0.4, -0.2) is 46.4 Å². The quantitative estimate of drug-likeness (QED) is 0.794. The van der Waals surface area contributed by atoms with Crippen molar-refractivity contribution in [2.45, 2.75) is 18.9 Å². The van der Waals surface area contributed by atoms with Gasteiger partial charge in [-0.3, -0.25) is 4.79 Å². The summed E-state index contributed by atoms with van der Waals surface area (Å²) < 4.78 is 10.4. The number of likely N-dealkylation sites (N-methyl/N-ethyl adjacent to an activating group) is 1. The number of nitrogens with one attached hydrogen (secondary N) is 1. The van der Waals surface area contributed by atoms with Crippen LogP contribution in [0.1, 0.15) is 22.5 Å². The zero-order valence-corrected chi connectivity index (χ0v) is 12.9. The number of methoxy groups -OCH3 is 2. The van der Waals surface area contributed by atoms with Gasteiger partial charge in [-0.1, -0.05) is 0 Å². The standard InChI is InChI=1S/C13H21N3O3S/c1-16(6-7-18-2)13-10(19-3)9(14)11(20-13)12(17)15-8-4-5-8/h8H,4-7,14H2,1-3H3,(H,15,17). The van der Waals surface area contributed by atoms with Gasteiger partial charge < -0.3 is 25.4 Å². The molecule has 1 saturated carbocycles. The summed E-state index contributed by atoms with van der Waals surface area (Å²) in [6.45, 7) is 1.30. The average Bonchev–Trinajstić information content (AvgIpc) is 3.17. The first kappa shape index (κ1) is 14.9. The molecule has 0 spiro atoms. The highest BCUT2D eigenvalue weighted by Crippen LogP contribution is 2.44. The van der Waals surface area contributed by atoms with Crippen LogP contribution >= 0.6 is 11.3 Å². The van der Waals surface area contributed by atoms with Crippen LogP contribution in [0.5, 0.6) is 5.75 Å². The lowest BCUT2D eigenvalue weighted by molar-refractivity contribution is 0.0956. The lowest BCUT2D eigenvalue weighted by Crippen LogP contribution is -2.25. The number of hydrogen-bond donors (Lipinski definition) is 2. The van der Waals surface area contributed by atoms with E-state index in [0.717, 1.165) is 17.8 Å². The number of carbonyl (C=O) groups is 1. The third kappa shape index (κ3) is 3.16. The molecule has 0 aromatic carbocycles. The van der Waals surface area contributed by atoms with E-state index in [1.54, 1.807) is 14.2 Å². The van der Waals surface area contributed by atoms with Crippen molar-refractivity contribution < 1.29 is 14.3 Å². The van der Waals surface area contributed by atoms with Gasteiger partial charge in [-0.2, -0.15) is 0 Å². The summed E-state index contributed by atoms with van der Waals surface area (Å²) in [5.74, 6) is 0.453. The second-order valence-corrected chi connectivity index (χ2v) is 5.84. The van der Waals surface area contributed by atoms with Crippen LogP contribution in [0.15, 0.2) is 0 Å². The molecule has 0 unspecified atom stereocenters. The molecule has 7 heteroatoms. The zero-order valence-electron chi connectivity index (χ0n) is 12.1. The molecule has 20 heavy (non-hydrogen) atoms. The van der Waals surface area contributed by atoms with Crippen LogP contribution in [-0.2, 0) is 4.74 Å². The Morgan fingerprint density at radius 2 is 2.20 bits per heavy atom. The Morgan fingerprint density at radius 3 is 2.75 bits per heavy atom. The van der Waals surface area contributed by atoms with Crippen molar-refractivity contribution in [2.24, 2.45) is 0 Å². The van der Waals surface area contributed by atoms with E-state index in [9.17, 15) is 4.79 Å². The van der Waals surface area contributed by atoms with Gasteiger partial charge in [0.25, 0.3) is 5.91 Å². The summed E-state index contributed by atoms with van der Waals surface area (Å²) in [4.78, 5) is 14.7. The van der Waals surface area contributed by atoms with Crippen LogP contribution in [0, 0.1) is 0 Å². The lowest BCUT2D eigenvalue weighted by atomic mass is 10.3. The molecular weight excluding hydrogens is 278 g/mol. The van der Waals surface area contributed by atoms with E-state index < -0.39 is 0 Å². The Bertz CT molecular complexity index is 485. The van der Waals surface area contributed by atoms with Crippen molar-refractivity contribution >= 4 is 27.9 Å². The molecule has 1 heterocycles. The zero-order chi connectivity index (χ0) is 14.7. The third-order valence-electron chi connectivity index (χ3n) is 3.18. The fraction of sp³-hybridized carbons (Fsp3) is 0.615. The maximum atomic E-state index is 12.2. The van der Waals surface area contributed by atoms with Crippen molar-refractivity contribution in [1.82, 2.24) is 5.32 Å². The Balaban J connectivity index is 2.20. The van der Waals surface area contributed by atoms with Crippen LogP contribution in [0.4, 0.5) is 10.7 Å². The van der Waals surface area contributed by atoms with Crippen LogP contribution < -0.4 is 20.7 Å². The number of anilines is 2. The summed E-state index contributed by atoms with van der Waals surface area (Å²) in [5.41, 5.74) is 6.46. The van der Waals surface area contributed by atoms with E-state index in [-0.39, 0.29) is 5.91 Å². The van der Waals surface area contributed by atoms with Crippen LogP contribution in [0.3, 0.4) is 0 Å². The van der Waals surface area contributed by atoms with E-state index in [1.165, 1.54) is 11.3 Å². The molecule has 0 saturated heterocycles. The molecule has 6 nitrogen and oxygen atoms in total. The molecule has 0 bridgehead atoms. The molecule has 0 radical (unpaired) electrons. The minimum absolute atomic E-state index is 0.111. The number of carbonyl (C=O) groups excluding carboxylic acids is 1. The van der Waals surface area contributed by atoms with Crippen LogP contribution in [0.2, 0.25) is 0 Å². The van der Waals surface area contributed by atoms with Crippen LogP contribution in [0.25, 0.3) is 0 Å². The average molecular weight is 299 g/mol. The first-order chi connectivity index (χ1) is 9.58. The summed E-state index contributed by atoms with van der Waals surface area (Å²) in [7, 11) is 5.15. The summed E-state index contributed by atoms with van der Waals surface area (Å²) in [6, 6.07) is 0.310. The van der Waals surface area contributed by atoms with E-state index in [1.807, 2.05) is 11.9 Å². The van der Waals surface area contributed by atoms with E-state index in [0.29, 0.717) is 35.5 Å². The van der Waals surface area contributed by atoms with Gasteiger partial charge in [0.05, 0.1) is 13.7 Å². The molecule has 0 aliphatic heterocycles. The highest BCUT2D eigenvalue weighted by atomic mass is 32.1. The van der Waals surface area contributed by atoms with Crippen molar-refractivity contribution in [3.05, 3.63) is 4.88 Å². The maximum absolute atomic E-state index is 12.2. The molecule has 112 valence electrons. The molecule has 2 rings (SSSR count). The molecule has 1 aromatic heterocycles. The normalized spacial score (nSPS) is 14.2. The monoisotopic (exact) mass is 299 g/mol. The first-order valence-corrected chi connectivity index (χ1v) is 7.37. The number of nitrogens with two attached hydrogens (primary N) is 1. The van der Waals surface area contributed by atoms with Gasteiger partial charge in [-0.05, 0) is 12.8 Å². The van der Waals surface area contributed by atoms with Gasteiger partial charge in [0.1, 0.15) is 15.6 Å². The minimum Gasteiger partial charge on any atom is -0.492 e. The maximum Gasteiger partial charge on any atom is 0.263 e. The second-order valence-electron chi connectivity index (χ2n) is 4.85. The Kier molecular flexibility index (Phi) is 4.72. The van der Waals surface area contributed by atoms with Crippen molar-refractivity contribution in [3.8, 4) is 5.75 Å². The molecule has 1 fully saturated rings. The van der Waals surface area contributed by atoms with Gasteiger partial charge in [0, 0.05) is 26.7 Å². The molecule has 1 amide bonds. The van der Waals surface area contributed by atoms with Crippen molar-refractivity contribution in [2.75, 3.05) is 45.1 Å². The number of nitrogen functional groups attached to an aromatic ring is 1. The molecule has 1 aromatic rings. The molecular formula is C13H21N3O3S. The first-order valence-electron chi connectivity index (χ1n) is 6.55. The topological polar surface area (TPSA) is 76.8 Å². The number of amides is 1. The highest BCUT2D eigenvalue weighted by Gasteiger charge is 2.28. The Labute approximate surface area is 122 Å². The van der Waals surface area contributed by atoms with Crippen molar-refractivity contribution in [3.63, 3.8) is 0 Å². The number of rotatable bonds is 7. The largest absolute Gasteiger partial charge is 0.492 e. The summed E-state index contributed by atoms with van der Waals surface area (Å²) in [5, 5.41) is 3.80. The van der Waals surface area contributed by atoms with Gasteiger partial charge in [-0.15, -0.1) is 11.3 Å². The smallest absolute Gasteiger partial charge is 0.263 e. The van der Waals surface area contributed by atoms with E-state index in [4.69, 9.17) is 15.2 Å². The van der Waals surface area contributed by atoms with Gasteiger partial charge >= 0.3 is 0 Å². The number of hydrogen-bond acceptors (Lipinski definition) is 6. The molecule has 1 aliphatic rings. The summed E-state index contributed by atoms with van der Waals surface area (Å²) in [6.07, 6.45) is 2.10. The summed E-state index contributed by atoms with van der Waals surface area (Å²) >= 11 is 1.36. The third-order valence-corrected chi connectivity index (χ3v) is 4.48. The second kappa shape index (κ2) is 6.32. The minimum atomic E-state index is -0.111. The van der Waals surface area contributed by atoms with E-state index in [2.05, 4.69) is 5.32 Å². The molecule has 1 aliphatic carbocycles. The van der Waals surface area contributed by atoms with E-state index >= 15 is 0 Å². The van der Waals surface area contributed by atoms with Gasteiger partial charge in [0.2, 0.25) is 0 Å². The predicted molar refractivity (Wildman–Crippen MR) is 80.9 cm³/mol.